The summed E-state index contributed by atoms with van der Waals surface area (Å²) in [5.74, 6) is -0.119. The molecule has 5 rings (SSSR count). The van der Waals surface area contributed by atoms with Crippen molar-refractivity contribution in [2.45, 2.75) is 12.8 Å². The van der Waals surface area contributed by atoms with E-state index in [0.29, 0.717) is 52.1 Å². The fourth-order valence-electron chi connectivity index (χ4n) is 5.13. The zero-order valence-corrected chi connectivity index (χ0v) is 22.1. The van der Waals surface area contributed by atoms with Crippen LogP contribution >= 0.6 is 0 Å². The zero-order chi connectivity index (χ0) is 27.5. The van der Waals surface area contributed by atoms with E-state index in [-0.39, 0.29) is 17.9 Å². The molecule has 1 fully saturated rings. The van der Waals surface area contributed by atoms with Gasteiger partial charge < -0.3 is 19.3 Å². The summed E-state index contributed by atoms with van der Waals surface area (Å²) < 4.78 is 28.6. The van der Waals surface area contributed by atoms with Gasteiger partial charge in [-0.1, -0.05) is 12.1 Å². The second-order valence-electron chi connectivity index (χ2n) is 9.92. The molecule has 0 N–H and O–H groups in total. The molecule has 10 heteroatoms. The highest BCUT2D eigenvalue weighted by atomic mass is 19.1. The molecule has 0 radical (unpaired) electrons. The summed E-state index contributed by atoms with van der Waals surface area (Å²) in [6, 6.07) is 12.5. The lowest BCUT2D eigenvalue weighted by Crippen LogP contribution is -2.35. The minimum absolute atomic E-state index is 0.0715. The van der Waals surface area contributed by atoms with Gasteiger partial charge in [0.2, 0.25) is 0 Å². The lowest BCUT2D eigenvalue weighted by molar-refractivity contribution is -0.120. The van der Waals surface area contributed by atoms with Crippen molar-refractivity contribution in [1.82, 2.24) is 19.3 Å². The first-order valence-corrected chi connectivity index (χ1v) is 12.7. The highest BCUT2D eigenvalue weighted by molar-refractivity contribution is 5.91. The molecule has 0 unspecified atom stereocenters. The average Bonchev–Trinajstić information content (AvgIpc) is 3.41. The second-order valence-corrected chi connectivity index (χ2v) is 9.92. The molecule has 1 saturated heterocycles. The lowest BCUT2D eigenvalue weighted by Gasteiger charge is -2.29. The molecule has 0 amide bonds. The Hall–Kier alpha value is -4.49. The Labute approximate surface area is 226 Å². The molecule has 0 aliphatic carbocycles. The third kappa shape index (κ3) is 5.26. The van der Waals surface area contributed by atoms with E-state index in [1.54, 1.807) is 66.1 Å². The molecule has 0 bridgehead atoms. The number of carbonyl (C=O) groups excluding carboxylic acids is 1. The van der Waals surface area contributed by atoms with Gasteiger partial charge in [-0.2, -0.15) is 10.2 Å². The first-order valence-electron chi connectivity index (χ1n) is 12.7. The molecule has 2 aromatic heterocycles. The van der Waals surface area contributed by atoms with Gasteiger partial charge in [-0.15, -0.1) is 0 Å². The van der Waals surface area contributed by atoms with E-state index in [2.05, 4.69) is 23.0 Å². The predicted molar refractivity (Wildman–Crippen MR) is 145 cm³/mol. The number of piperidine rings is 1. The number of carbonyl (C=O) groups is 1. The largest absolute Gasteiger partial charge is 0.464 e. The SMILES string of the molecule is CN1CCC[C@@H](COc2nc(-c3ccc(C#N)cc3)c(-c3cc(F)c(N(C)C)c(OC=O)c3)c3nccn23)C1. The van der Waals surface area contributed by atoms with Gasteiger partial charge in [-0.3, -0.25) is 9.20 Å². The normalized spacial score (nSPS) is 15.6. The average molecular weight is 529 g/mol. The van der Waals surface area contributed by atoms with Gasteiger partial charge in [0.25, 0.3) is 6.47 Å². The number of likely N-dealkylation sites (tertiary alicyclic amines) is 1. The third-order valence-corrected chi connectivity index (χ3v) is 6.91. The summed E-state index contributed by atoms with van der Waals surface area (Å²) in [4.78, 5) is 24.6. The number of hydrogen-bond donors (Lipinski definition) is 0. The van der Waals surface area contributed by atoms with E-state index in [1.165, 1.54) is 6.07 Å². The molecule has 200 valence electrons. The summed E-state index contributed by atoms with van der Waals surface area (Å²) in [5.41, 5.74) is 3.33. The Morgan fingerprint density at radius 1 is 1.23 bits per heavy atom. The van der Waals surface area contributed by atoms with E-state index < -0.39 is 5.82 Å². The van der Waals surface area contributed by atoms with Gasteiger partial charge in [0.15, 0.2) is 17.2 Å². The number of fused-ring (bicyclic) bond motifs is 1. The van der Waals surface area contributed by atoms with Crippen LogP contribution in [-0.2, 0) is 4.79 Å². The van der Waals surface area contributed by atoms with Crippen molar-refractivity contribution >= 4 is 17.8 Å². The van der Waals surface area contributed by atoms with E-state index in [4.69, 9.17) is 14.5 Å². The van der Waals surface area contributed by atoms with Crippen LogP contribution in [0.2, 0.25) is 0 Å². The highest BCUT2D eigenvalue weighted by Gasteiger charge is 2.24. The van der Waals surface area contributed by atoms with Crippen LogP contribution in [0.3, 0.4) is 0 Å². The Morgan fingerprint density at radius 2 is 2.03 bits per heavy atom. The zero-order valence-electron chi connectivity index (χ0n) is 22.1. The van der Waals surface area contributed by atoms with Crippen LogP contribution < -0.4 is 14.4 Å². The second kappa shape index (κ2) is 11.1. The Kier molecular flexibility index (Phi) is 7.43. The summed E-state index contributed by atoms with van der Waals surface area (Å²) in [7, 11) is 5.45. The lowest BCUT2D eigenvalue weighted by atomic mass is 9.98. The van der Waals surface area contributed by atoms with Crippen LogP contribution in [0.5, 0.6) is 11.8 Å². The van der Waals surface area contributed by atoms with Crippen molar-refractivity contribution in [2.24, 2.45) is 5.92 Å². The van der Waals surface area contributed by atoms with Crippen LogP contribution in [-0.4, -0.2) is 66.6 Å². The van der Waals surface area contributed by atoms with Crippen molar-refractivity contribution < 1.29 is 18.7 Å². The molecule has 0 saturated carbocycles. The van der Waals surface area contributed by atoms with Crippen LogP contribution in [0.1, 0.15) is 18.4 Å². The maximum atomic E-state index is 15.4. The first-order chi connectivity index (χ1) is 18.9. The predicted octanol–water partition coefficient (Wildman–Crippen LogP) is 4.40. The molecule has 4 aromatic rings. The molecular weight excluding hydrogens is 499 g/mol. The molecule has 3 heterocycles. The van der Waals surface area contributed by atoms with Crippen LogP contribution in [0.4, 0.5) is 10.1 Å². The molecule has 0 spiro atoms. The number of ether oxygens (including phenoxy) is 2. The topological polar surface area (TPSA) is 96.0 Å². The first kappa shape index (κ1) is 26.1. The van der Waals surface area contributed by atoms with E-state index in [1.807, 2.05) is 0 Å². The van der Waals surface area contributed by atoms with Crippen molar-refractivity contribution in [3.8, 4) is 40.2 Å². The van der Waals surface area contributed by atoms with Crippen LogP contribution in [0.25, 0.3) is 28.0 Å². The number of nitrogens with zero attached hydrogens (tertiary/aromatic N) is 6. The molecular formula is C29H29FN6O3. The number of benzene rings is 2. The van der Waals surface area contributed by atoms with Crippen LogP contribution in [0, 0.1) is 23.1 Å². The summed E-state index contributed by atoms with van der Waals surface area (Å²) >= 11 is 0. The third-order valence-electron chi connectivity index (χ3n) is 6.91. The summed E-state index contributed by atoms with van der Waals surface area (Å²) in [6.45, 7) is 2.80. The molecule has 1 aliphatic rings. The quantitative estimate of drug-likeness (QED) is 0.311. The van der Waals surface area contributed by atoms with Crippen molar-refractivity contribution in [3.05, 3.63) is 60.2 Å². The standard InChI is InChI=1S/C29H29FN6O3/c1-34(2)27-23(30)13-22(14-24(27)39-18-37)25-26(21-8-6-19(15-31)7-9-21)33-29(36-12-10-32-28(25)36)38-17-20-5-4-11-35(3)16-20/h6-10,12-14,18,20H,4-5,11,16-17H2,1-3H3/t20-/m1/s1. The van der Waals surface area contributed by atoms with Gasteiger partial charge >= 0.3 is 6.01 Å². The molecule has 39 heavy (non-hydrogen) atoms. The molecule has 2 aromatic carbocycles. The highest BCUT2D eigenvalue weighted by Crippen LogP contribution is 2.41. The monoisotopic (exact) mass is 528 g/mol. The number of anilines is 1. The Balaban J connectivity index is 1.68. The Bertz CT molecular complexity index is 1540. The number of halogens is 1. The van der Waals surface area contributed by atoms with Gasteiger partial charge in [-0.05, 0) is 56.3 Å². The van der Waals surface area contributed by atoms with Crippen molar-refractivity contribution in [2.75, 3.05) is 45.7 Å². The number of imidazole rings is 1. The van der Waals surface area contributed by atoms with E-state index in [9.17, 15) is 10.1 Å². The molecule has 9 nitrogen and oxygen atoms in total. The summed E-state index contributed by atoms with van der Waals surface area (Å²) in [6.07, 6.45) is 5.59. The summed E-state index contributed by atoms with van der Waals surface area (Å²) in [5, 5.41) is 9.29. The minimum atomic E-state index is -0.563. The van der Waals surface area contributed by atoms with Gasteiger partial charge in [0.05, 0.1) is 29.5 Å². The maximum absolute atomic E-state index is 15.4. The van der Waals surface area contributed by atoms with Crippen LogP contribution in [0.15, 0.2) is 48.8 Å². The van der Waals surface area contributed by atoms with Gasteiger partial charge in [0, 0.05) is 44.5 Å². The smallest absolute Gasteiger partial charge is 0.302 e. The number of nitriles is 1. The van der Waals surface area contributed by atoms with Crippen molar-refractivity contribution in [3.63, 3.8) is 0 Å². The molecule has 1 atom stereocenters. The van der Waals surface area contributed by atoms with Gasteiger partial charge in [0.1, 0.15) is 5.69 Å². The molecule has 1 aliphatic heterocycles. The maximum Gasteiger partial charge on any atom is 0.302 e. The van der Waals surface area contributed by atoms with E-state index >= 15 is 4.39 Å². The fourth-order valence-corrected chi connectivity index (χ4v) is 5.13. The van der Waals surface area contributed by atoms with E-state index in [0.717, 1.165) is 25.9 Å². The number of hydrogen-bond acceptors (Lipinski definition) is 8. The fraction of sp³-hybridized carbons (Fsp3) is 0.310. The van der Waals surface area contributed by atoms with Gasteiger partial charge in [-0.25, -0.2) is 9.37 Å². The number of aromatic nitrogens is 3. The number of rotatable bonds is 8. The van der Waals surface area contributed by atoms with Crippen molar-refractivity contribution in [1.29, 1.82) is 5.26 Å². The minimum Gasteiger partial charge on any atom is -0.464 e. The Morgan fingerprint density at radius 3 is 2.72 bits per heavy atom.